The standard InChI is InChI=1S/C18H12IN3/c19-17-10-11-18-20-16(12-22(18)21-17)15-8-6-14(7-9-15)13-4-2-1-3-5-13/h1-12H. The number of halogens is 1. The molecule has 22 heavy (non-hydrogen) atoms. The van der Waals surface area contributed by atoms with E-state index in [0.29, 0.717) is 0 Å². The summed E-state index contributed by atoms with van der Waals surface area (Å²) < 4.78 is 2.77. The van der Waals surface area contributed by atoms with Crippen LogP contribution in [0.4, 0.5) is 0 Å². The number of hydrogen-bond acceptors (Lipinski definition) is 2. The molecule has 2 aromatic carbocycles. The minimum Gasteiger partial charge on any atom is -0.227 e. The summed E-state index contributed by atoms with van der Waals surface area (Å²) in [6, 6.07) is 22.8. The first-order valence-corrected chi connectivity index (χ1v) is 8.05. The summed E-state index contributed by atoms with van der Waals surface area (Å²) in [5.74, 6) is 0. The van der Waals surface area contributed by atoms with Crippen LogP contribution in [0.2, 0.25) is 0 Å². The van der Waals surface area contributed by atoms with Crippen LogP contribution in [0.15, 0.2) is 72.9 Å². The van der Waals surface area contributed by atoms with E-state index >= 15 is 0 Å². The van der Waals surface area contributed by atoms with Crippen LogP contribution in [-0.4, -0.2) is 14.6 Å². The highest BCUT2D eigenvalue weighted by Gasteiger charge is 2.06. The van der Waals surface area contributed by atoms with E-state index in [0.717, 1.165) is 20.6 Å². The molecule has 0 fully saturated rings. The molecule has 0 amide bonds. The Kier molecular flexibility index (Phi) is 3.38. The molecule has 0 saturated carbocycles. The molecule has 0 bridgehead atoms. The maximum absolute atomic E-state index is 4.62. The van der Waals surface area contributed by atoms with Crippen LogP contribution in [-0.2, 0) is 0 Å². The fourth-order valence-electron chi connectivity index (χ4n) is 2.46. The lowest BCUT2D eigenvalue weighted by Crippen LogP contribution is -1.91. The number of fused-ring (bicyclic) bond motifs is 1. The van der Waals surface area contributed by atoms with Crippen molar-refractivity contribution in [2.24, 2.45) is 0 Å². The van der Waals surface area contributed by atoms with Gasteiger partial charge in [-0.3, -0.25) is 0 Å². The number of rotatable bonds is 2. The Balaban J connectivity index is 1.73. The summed E-state index contributed by atoms with van der Waals surface area (Å²) in [4.78, 5) is 4.62. The van der Waals surface area contributed by atoms with Gasteiger partial charge in [-0.2, -0.15) is 5.10 Å². The van der Waals surface area contributed by atoms with Crippen LogP contribution >= 0.6 is 22.6 Å². The van der Waals surface area contributed by atoms with Crippen molar-refractivity contribution in [2.75, 3.05) is 0 Å². The van der Waals surface area contributed by atoms with Crippen LogP contribution < -0.4 is 0 Å². The van der Waals surface area contributed by atoms with Gasteiger partial charge in [0, 0.05) is 5.56 Å². The summed E-state index contributed by atoms with van der Waals surface area (Å²) in [6.45, 7) is 0. The van der Waals surface area contributed by atoms with Gasteiger partial charge in [0.1, 0.15) is 3.70 Å². The molecule has 0 atom stereocenters. The van der Waals surface area contributed by atoms with Gasteiger partial charge >= 0.3 is 0 Å². The van der Waals surface area contributed by atoms with Gasteiger partial charge in [0.15, 0.2) is 5.65 Å². The minimum atomic E-state index is 0.863. The Hall–Kier alpha value is -2.21. The van der Waals surface area contributed by atoms with Crippen molar-refractivity contribution in [1.29, 1.82) is 0 Å². The smallest absolute Gasteiger partial charge is 0.154 e. The quantitative estimate of drug-likeness (QED) is 0.461. The van der Waals surface area contributed by atoms with Crippen molar-refractivity contribution in [3.63, 3.8) is 0 Å². The summed E-state index contributed by atoms with van der Waals surface area (Å²) >= 11 is 2.20. The van der Waals surface area contributed by atoms with E-state index in [1.807, 2.05) is 28.9 Å². The van der Waals surface area contributed by atoms with Gasteiger partial charge in [-0.1, -0.05) is 54.6 Å². The van der Waals surface area contributed by atoms with Gasteiger partial charge in [-0.25, -0.2) is 9.50 Å². The lowest BCUT2D eigenvalue weighted by atomic mass is 10.0. The molecule has 0 aliphatic heterocycles. The van der Waals surface area contributed by atoms with E-state index < -0.39 is 0 Å². The summed E-state index contributed by atoms with van der Waals surface area (Å²) in [5, 5.41) is 4.43. The Morgan fingerprint density at radius 2 is 1.41 bits per heavy atom. The molecule has 106 valence electrons. The zero-order valence-electron chi connectivity index (χ0n) is 11.6. The molecule has 4 aromatic rings. The van der Waals surface area contributed by atoms with Gasteiger partial charge in [0.05, 0.1) is 11.9 Å². The Bertz CT molecular complexity index is 928. The van der Waals surface area contributed by atoms with Crippen molar-refractivity contribution in [2.45, 2.75) is 0 Å². The predicted molar refractivity (Wildman–Crippen MR) is 96.6 cm³/mol. The van der Waals surface area contributed by atoms with E-state index in [9.17, 15) is 0 Å². The average molecular weight is 397 g/mol. The highest BCUT2D eigenvalue weighted by Crippen LogP contribution is 2.24. The minimum absolute atomic E-state index is 0.863. The van der Waals surface area contributed by atoms with Gasteiger partial charge in [0.25, 0.3) is 0 Å². The van der Waals surface area contributed by atoms with E-state index in [-0.39, 0.29) is 0 Å². The molecule has 0 saturated heterocycles. The van der Waals surface area contributed by atoms with E-state index in [4.69, 9.17) is 0 Å². The lowest BCUT2D eigenvalue weighted by molar-refractivity contribution is 0.914. The van der Waals surface area contributed by atoms with E-state index in [1.165, 1.54) is 11.1 Å². The van der Waals surface area contributed by atoms with Crippen molar-refractivity contribution >= 4 is 28.2 Å². The number of hydrogen-bond donors (Lipinski definition) is 0. The zero-order valence-corrected chi connectivity index (χ0v) is 13.8. The second-order valence-corrected chi connectivity index (χ2v) is 6.13. The van der Waals surface area contributed by atoms with Gasteiger partial charge in [-0.15, -0.1) is 0 Å². The van der Waals surface area contributed by atoms with Crippen LogP contribution in [0.1, 0.15) is 0 Å². The Morgan fingerprint density at radius 3 is 2.18 bits per heavy atom. The average Bonchev–Trinajstić information content (AvgIpc) is 2.99. The fraction of sp³-hybridized carbons (Fsp3) is 0. The molecule has 2 heterocycles. The van der Waals surface area contributed by atoms with Crippen molar-refractivity contribution in [1.82, 2.24) is 14.6 Å². The molecular weight excluding hydrogens is 385 g/mol. The maximum Gasteiger partial charge on any atom is 0.154 e. The first kappa shape index (κ1) is 13.5. The molecule has 0 radical (unpaired) electrons. The molecule has 0 unspecified atom stereocenters. The molecule has 0 N–H and O–H groups in total. The number of nitrogens with zero attached hydrogens (tertiary/aromatic N) is 3. The van der Waals surface area contributed by atoms with Gasteiger partial charge in [-0.05, 0) is 45.9 Å². The Labute approximate surface area is 141 Å². The topological polar surface area (TPSA) is 30.2 Å². The van der Waals surface area contributed by atoms with Gasteiger partial charge in [0.2, 0.25) is 0 Å². The largest absolute Gasteiger partial charge is 0.227 e. The van der Waals surface area contributed by atoms with E-state index in [2.05, 4.69) is 81.2 Å². The number of benzene rings is 2. The van der Waals surface area contributed by atoms with Crippen molar-refractivity contribution in [3.05, 3.63) is 76.6 Å². The maximum atomic E-state index is 4.62. The monoisotopic (exact) mass is 397 g/mol. The molecular formula is C18H12IN3. The molecule has 0 spiro atoms. The van der Waals surface area contributed by atoms with Gasteiger partial charge < -0.3 is 0 Å². The summed E-state index contributed by atoms with van der Waals surface area (Å²) in [7, 11) is 0. The SMILES string of the molecule is Ic1ccc2nc(-c3ccc(-c4ccccc4)cc3)cn2n1. The Morgan fingerprint density at radius 1 is 0.727 bits per heavy atom. The van der Waals surface area contributed by atoms with E-state index in [1.54, 1.807) is 0 Å². The number of aromatic nitrogens is 3. The summed E-state index contributed by atoms with van der Waals surface area (Å²) in [6.07, 6.45) is 1.97. The third-order valence-corrected chi connectivity index (χ3v) is 4.15. The normalized spacial score (nSPS) is 11.0. The van der Waals surface area contributed by atoms with Crippen LogP contribution in [0.5, 0.6) is 0 Å². The van der Waals surface area contributed by atoms with Crippen molar-refractivity contribution < 1.29 is 0 Å². The number of imidazole rings is 1. The second kappa shape index (κ2) is 5.53. The predicted octanol–water partition coefficient (Wildman–Crippen LogP) is 4.67. The molecule has 4 rings (SSSR count). The molecule has 2 aromatic heterocycles. The second-order valence-electron chi connectivity index (χ2n) is 5.03. The molecule has 0 aliphatic rings. The first-order chi connectivity index (χ1) is 10.8. The highest BCUT2D eigenvalue weighted by molar-refractivity contribution is 14.1. The molecule has 3 nitrogen and oxygen atoms in total. The molecule has 0 aliphatic carbocycles. The summed E-state index contributed by atoms with van der Waals surface area (Å²) in [5.41, 5.74) is 5.33. The fourth-order valence-corrected chi connectivity index (χ4v) is 2.87. The van der Waals surface area contributed by atoms with Crippen molar-refractivity contribution in [3.8, 4) is 22.4 Å². The molecule has 4 heteroatoms. The third kappa shape index (κ3) is 2.50. The van der Waals surface area contributed by atoms with Crippen LogP contribution in [0.25, 0.3) is 28.0 Å². The first-order valence-electron chi connectivity index (χ1n) is 6.97. The van der Waals surface area contributed by atoms with Crippen LogP contribution in [0.3, 0.4) is 0 Å². The highest BCUT2D eigenvalue weighted by atomic mass is 127. The van der Waals surface area contributed by atoms with Crippen LogP contribution in [0, 0.1) is 3.70 Å². The third-order valence-electron chi connectivity index (χ3n) is 3.58. The zero-order chi connectivity index (χ0) is 14.9. The lowest BCUT2D eigenvalue weighted by Gasteiger charge is -2.02.